The maximum absolute atomic E-state index is 5.97. The van der Waals surface area contributed by atoms with Crippen LogP contribution in [-0.4, -0.2) is 40.6 Å². The van der Waals surface area contributed by atoms with Crippen molar-refractivity contribution in [1.29, 1.82) is 0 Å². The van der Waals surface area contributed by atoms with Gasteiger partial charge in [-0.3, -0.25) is 4.90 Å². The van der Waals surface area contributed by atoms with Gasteiger partial charge >= 0.3 is 0 Å². The molecule has 1 aliphatic carbocycles. The van der Waals surface area contributed by atoms with Crippen molar-refractivity contribution in [3.8, 4) is 0 Å². The van der Waals surface area contributed by atoms with Crippen LogP contribution in [0.15, 0.2) is 0 Å². The van der Waals surface area contributed by atoms with E-state index in [-0.39, 0.29) is 0 Å². The first-order valence-corrected chi connectivity index (χ1v) is 7.36. The van der Waals surface area contributed by atoms with Crippen molar-refractivity contribution in [2.75, 3.05) is 12.3 Å². The second-order valence-corrected chi connectivity index (χ2v) is 6.61. The van der Waals surface area contributed by atoms with E-state index < -0.39 is 0 Å². The molecule has 1 saturated heterocycles. The van der Waals surface area contributed by atoms with Crippen molar-refractivity contribution < 1.29 is 0 Å². The second kappa shape index (κ2) is 5.07. The number of nitrogens with zero attached hydrogens (tertiary/aromatic N) is 1. The normalized spacial score (nSPS) is 44.2. The fraction of sp³-hybridized carbons (Fsp3) is 1.00. The van der Waals surface area contributed by atoms with Crippen molar-refractivity contribution in [3.05, 3.63) is 0 Å². The van der Waals surface area contributed by atoms with Crippen LogP contribution in [0.4, 0.5) is 0 Å². The Bertz CT molecular complexity index is 202. The molecule has 2 unspecified atom stereocenters. The standard InChI is InChI=1S/C12H24N2S/c1-9-10(2)15-8-7-14(9)12-5-3-11(13)4-6-12/h9-12H,3-8,13H2,1-2H3. The first kappa shape index (κ1) is 11.7. The molecule has 1 aliphatic heterocycles. The molecule has 1 saturated carbocycles. The Hall–Kier alpha value is 0.270. The molecule has 15 heavy (non-hydrogen) atoms. The Kier molecular flexibility index (Phi) is 3.97. The molecule has 0 aromatic rings. The average Bonchev–Trinajstić information content (AvgIpc) is 2.24. The summed E-state index contributed by atoms with van der Waals surface area (Å²) in [5.41, 5.74) is 5.97. The van der Waals surface area contributed by atoms with Crippen LogP contribution in [0, 0.1) is 0 Å². The second-order valence-electron chi connectivity index (χ2n) is 5.12. The highest BCUT2D eigenvalue weighted by Crippen LogP contribution is 2.30. The SMILES string of the molecule is CC1SCCN(C2CCC(N)CC2)C1C. The van der Waals surface area contributed by atoms with E-state index >= 15 is 0 Å². The molecule has 3 heteroatoms. The molecule has 0 amide bonds. The van der Waals surface area contributed by atoms with Crippen molar-refractivity contribution in [2.24, 2.45) is 5.73 Å². The summed E-state index contributed by atoms with van der Waals surface area (Å²) in [6.45, 7) is 6.05. The predicted octanol–water partition coefficient (Wildman–Crippen LogP) is 2.08. The van der Waals surface area contributed by atoms with E-state index in [0.29, 0.717) is 6.04 Å². The minimum Gasteiger partial charge on any atom is -0.328 e. The van der Waals surface area contributed by atoms with Gasteiger partial charge in [0, 0.05) is 35.7 Å². The lowest BCUT2D eigenvalue weighted by Gasteiger charge is -2.44. The number of hydrogen-bond donors (Lipinski definition) is 1. The monoisotopic (exact) mass is 228 g/mol. The van der Waals surface area contributed by atoms with Gasteiger partial charge in [-0.05, 0) is 32.6 Å². The van der Waals surface area contributed by atoms with Crippen LogP contribution in [0.3, 0.4) is 0 Å². The molecule has 0 spiro atoms. The molecule has 1 heterocycles. The molecule has 0 aromatic heterocycles. The van der Waals surface area contributed by atoms with Crippen LogP contribution in [-0.2, 0) is 0 Å². The smallest absolute Gasteiger partial charge is 0.0187 e. The summed E-state index contributed by atoms with van der Waals surface area (Å²) in [5.74, 6) is 1.31. The fourth-order valence-electron chi connectivity index (χ4n) is 2.90. The minimum absolute atomic E-state index is 0.480. The Morgan fingerprint density at radius 1 is 1.13 bits per heavy atom. The molecule has 2 fully saturated rings. The summed E-state index contributed by atoms with van der Waals surface area (Å²) in [5, 5.41) is 0.800. The molecule has 0 radical (unpaired) electrons. The minimum atomic E-state index is 0.480. The third kappa shape index (κ3) is 2.69. The van der Waals surface area contributed by atoms with Gasteiger partial charge < -0.3 is 5.73 Å². The topological polar surface area (TPSA) is 29.3 Å². The zero-order valence-corrected chi connectivity index (χ0v) is 10.8. The lowest BCUT2D eigenvalue weighted by atomic mass is 9.90. The number of thioether (sulfide) groups is 1. The van der Waals surface area contributed by atoms with Gasteiger partial charge in [-0.15, -0.1) is 0 Å². The largest absolute Gasteiger partial charge is 0.328 e. The first-order valence-electron chi connectivity index (χ1n) is 6.31. The third-order valence-corrected chi connectivity index (χ3v) is 5.48. The Labute approximate surface area is 98.0 Å². The van der Waals surface area contributed by atoms with E-state index in [0.717, 1.165) is 17.3 Å². The lowest BCUT2D eigenvalue weighted by Crippen LogP contribution is -2.51. The Balaban J connectivity index is 1.91. The average molecular weight is 228 g/mol. The van der Waals surface area contributed by atoms with Crippen molar-refractivity contribution in [1.82, 2.24) is 4.90 Å². The van der Waals surface area contributed by atoms with Gasteiger partial charge in [0.05, 0.1) is 0 Å². The van der Waals surface area contributed by atoms with Crippen molar-refractivity contribution >= 4 is 11.8 Å². The molecule has 2 N–H and O–H groups in total. The summed E-state index contributed by atoms with van der Waals surface area (Å²) in [7, 11) is 0. The van der Waals surface area contributed by atoms with E-state index in [9.17, 15) is 0 Å². The van der Waals surface area contributed by atoms with Crippen molar-refractivity contribution in [2.45, 2.75) is 62.9 Å². The van der Waals surface area contributed by atoms with Crippen molar-refractivity contribution in [3.63, 3.8) is 0 Å². The highest BCUT2D eigenvalue weighted by molar-refractivity contribution is 8.00. The molecule has 2 atom stereocenters. The zero-order chi connectivity index (χ0) is 10.8. The number of nitrogens with two attached hydrogens (primary N) is 1. The van der Waals surface area contributed by atoms with Gasteiger partial charge in [-0.25, -0.2) is 0 Å². The van der Waals surface area contributed by atoms with E-state index in [1.165, 1.54) is 38.0 Å². The maximum atomic E-state index is 5.97. The van der Waals surface area contributed by atoms with Gasteiger partial charge in [0.15, 0.2) is 0 Å². The van der Waals surface area contributed by atoms with Crippen LogP contribution in [0.25, 0.3) is 0 Å². The first-order chi connectivity index (χ1) is 7.18. The van der Waals surface area contributed by atoms with Gasteiger partial charge in [0.1, 0.15) is 0 Å². The maximum Gasteiger partial charge on any atom is 0.0187 e. The molecular weight excluding hydrogens is 204 g/mol. The predicted molar refractivity (Wildman–Crippen MR) is 68.3 cm³/mol. The Morgan fingerprint density at radius 3 is 2.47 bits per heavy atom. The fourth-order valence-corrected chi connectivity index (χ4v) is 4.03. The van der Waals surface area contributed by atoms with Crippen LogP contribution < -0.4 is 5.73 Å². The zero-order valence-electron chi connectivity index (χ0n) is 9.98. The van der Waals surface area contributed by atoms with Gasteiger partial charge in [0.25, 0.3) is 0 Å². The van der Waals surface area contributed by atoms with Gasteiger partial charge in [-0.1, -0.05) is 6.92 Å². The summed E-state index contributed by atoms with van der Waals surface area (Å²) in [6, 6.07) is 2.05. The molecule has 2 aliphatic rings. The molecule has 2 nitrogen and oxygen atoms in total. The highest BCUT2D eigenvalue weighted by atomic mass is 32.2. The number of hydrogen-bond acceptors (Lipinski definition) is 3. The highest BCUT2D eigenvalue weighted by Gasteiger charge is 2.32. The molecule has 88 valence electrons. The third-order valence-electron chi connectivity index (χ3n) is 4.14. The summed E-state index contributed by atoms with van der Waals surface area (Å²) in [6.07, 6.45) is 5.11. The van der Waals surface area contributed by atoms with E-state index in [1.54, 1.807) is 0 Å². The summed E-state index contributed by atoms with van der Waals surface area (Å²) < 4.78 is 0. The van der Waals surface area contributed by atoms with Crippen LogP contribution in [0.5, 0.6) is 0 Å². The molecule has 0 bridgehead atoms. The van der Waals surface area contributed by atoms with Crippen LogP contribution >= 0.6 is 11.8 Å². The van der Waals surface area contributed by atoms with E-state index in [1.807, 2.05) is 0 Å². The van der Waals surface area contributed by atoms with Crippen LogP contribution in [0.1, 0.15) is 39.5 Å². The lowest BCUT2D eigenvalue weighted by molar-refractivity contribution is 0.111. The molecular formula is C12H24N2S. The van der Waals surface area contributed by atoms with E-state index in [2.05, 4.69) is 30.5 Å². The van der Waals surface area contributed by atoms with Crippen LogP contribution in [0.2, 0.25) is 0 Å². The molecule has 2 rings (SSSR count). The Morgan fingerprint density at radius 2 is 1.80 bits per heavy atom. The molecule has 0 aromatic carbocycles. The number of rotatable bonds is 1. The van der Waals surface area contributed by atoms with Gasteiger partial charge in [-0.2, -0.15) is 11.8 Å². The van der Waals surface area contributed by atoms with Gasteiger partial charge in [0.2, 0.25) is 0 Å². The van der Waals surface area contributed by atoms with E-state index in [4.69, 9.17) is 5.73 Å². The summed E-state index contributed by atoms with van der Waals surface area (Å²) >= 11 is 2.13. The summed E-state index contributed by atoms with van der Waals surface area (Å²) in [4.78, 5) is 2.74. The quantitative estimate of drug-likeness (QED) is 0.745.